The molecule has 1 heterocycles. The average Bonchev–Trinajstić information content (AvgIpc) is 3.43. The maximum absolute atomic E-state index is 2.50. The first kappa shape index (κ1) is 39.0. The van der Waals surface area contributed by atoms with Crippen LogP contribution in [0.1, 0.15) is 219 Å². The molecule has 0 aromatic carbocycles. The van der Waals surface area contributed by atoms with Crippen LogP contribution in [0.15, 0.2) is 30.9 Å². The van der Waals surface area contributed by atoms with Crippen LogP contribution < -0.4 is 4.57 Å². The monoisotopic (exact) mass is 586 g/mol. The van der Waals surface area contributed by atoms with Crippen molar-refractivity contribution >= 4 is 0 Å². The van der Waals surface area contributed by atoms with Gasteiger partial charge in [-0.1, -0.05) is 174 Å². The highest BCUT2D eigenvalue weighted by atomic mass is 15.1. The summed E-state index contributed by atoms with van der Waals surface area (Å²) >= 11 is 0. The Hall–Kier alpha value is -1.05. The highest BCUT2D eigenvalue weighted by Gasteiger charge is 2.15. The molecule has 1 rings (SSSR count). The van der Waals surface area contributed by atoms with Gasteiger partial charge < -0.3 is 0 Å². The van der Waals surface area contributed by atoms with Crippen LogP contribution in [0.4, 0.5) is 0 Å². The number of rotatable bonds is 33. The fraction of sp³-hybridized carbons (Fsp3) is 0.875. The highest BCUT2D eigenvalue weighted by Crippen LogP contribution is 2.24. The summed E-state index contributed by atoms with van der Waals surface area (Å²) in [5.74, 6) is 0. The molecule has 2 nitrogen and oxygen atoms in total. The Bertz CT molecular complexity index is 675. The second kappa shape index (κ2) is 31.4. The lowest BCUT2D eigenvalue weighted by atomic mass is 9.99. The van der Waals surface area contributed by atoms with Gasteiger partial charge in [0.05, 0.1) is 7.05 Å². The Kier molecular flexibility index (Phi) is 29.1. The predicted molar refractivity (Wildman–Crippen MR) is 188 cm³/mol. The number of nitrogens with zero attached hydrogens (tertiary/aromatic N) is 2. The molecule has 1 aromatic rings. The van der Waals surface area contributed by atoms with Gasteiger partial charge in [0.1, 0.15) is 18.4 Å². The summed E-state index contributed by atoms with van der Waals surface area (Å²) in [6, 6.07) is 0.699. The number of hydrogen-bond acceptors (Lipinski definition) is 0. The number of allylic oxidation sites excluding steroid dienone is 2. The van der Waals surface area contributed by atoms with Gasteiger partial charge in [0, 0.05) is 0 Å². The molecule has 0 fully saturated rings. The Balaban J connectivity index is 1.99. The molecular formula is C40H77N2+. The molecule has 0 amide bonds. The minimum Gasteiger partial charge on any atom is -0.240 e. The van der Waals surface area contributed by atoms with Crippen LogP contribution in [-0.4, -0.2) is 4.57 Å². The van der Waals surface area contributed by atoms with Crippen LogP contribution in [0.25, 0.3) is 0 Å². The van der Waals surface area contributed by atoms with Crippen molar-refractivity contribution in [3.63, 3.8) is 0 Å². The molecule has 1 unspecified atom stereocenters. The summed E-state index contributed by atoms with van der Waals surface area (Å²) in [5, 5.41) is 0. The zero-order valence-electron chi connectivity index (χ0n) is 29.3. The second-order valence-corrected chi connectivity index (χ2v) is 13.6. The Morgan fingerprint density at radius 3 is 1.14 bits per heavy atom. The standard InChI is InChI=1S/C40H77N2/c1-4-6-8-10-12-14-16-18-20-22-24-26-28-30-32-34-36-40(42-38-37-41(3)39-42)35-33-31-29-27-25-23-21-19-17-15-13-11-9-7-5-2/h17,19,37-40H,4-16,18,20-36H2,1-3H3/q+1. The normalized spacial score (nSPS) is 12.5. The van der Waals surface area contributed by atoms with Gasteiger partial charge in [-0.3, -0.25) is 0 Å². The first-order valence-corrected chi connectivity index (χ1v) is 19.5. The van der Waals surface area contributed by atoms with Crippen molar-refractivity contribution < 1.29 is 4.57 Å². The van der Waals surface area contributed by atoms with Gasteiger partial charge in [-0.15, -0.1) is 0 Å². The van der Waals surface area contributed by atoms with E-state index in [0.717, 1.165) is 0 Å². The highest BCUT2D eigenvalue weighted by molar-refractivity contribution is 4.81. The third-order valence-electron chi connectivity index (χ3n) is 9.40. The fourth-order valence-electron chi connectivity index (χ4n) is 6.51. The van der Waals surface area contributed by atoms with Crippen LogP contribution in [-0.2, 0) is 7.05 Å². The Labute approximate surface area is 265 Å². The molecule has 0 spiro atoms. The third kappa shape index (κ3) is 25.4. The molecule has 0 radical (unpaired) electrons. The van der Waals surface area contributed by atoms with Crippen molar-refractivity contribution in [1.29, 1.82) is 0 Å². The molecule has 0 saturated heterocycles. The van der Waals surface area contributed by atoms with Crippen LogP contribution >= 0.6 is 0 Å². The lowest BCUT2D eigenvalue weighted by molar-refractivity contribution is -0.671. The average molecular weight is 586 g/mol. The summed E-state index contributed by atoms with van der Waals surface area (Å²) in [6.07, 6.45) is 55.7. The maximum atomic E-state index is 2.50. The zero-order valence-corrected chi connectivity index (χ0v) is 29.3. The van der Waals surface area contributed by atoms with E-state index in [-0.39, 0.29) is 0 Å². The zero-order chi connectivity index (χ0) is 30.2. The van der Waals surface area contributed by atoms with Gasteiger partial charge in [-0.25, -0.2) is 9.13 Å². The van der Waals surface area contributed by atoms with Gasteiger partial charge in [0.25, 0.3) is 0 Å². The SMILES string of the molecule is CCCCCCCC=CCCCCCCCCC(CCCCCCCCCCCCCCCCCC)n1cc[n+](C)c1. The van der Waals surface area contributed by atoms with Crippen molar-refractivity contribution in [3.8, 4) is 0 Å². The molecule has 0 N–H and O–H groups in total. The van der Waals surface area contributed by atoms with E-state index in [2.05, 4.69) is 60.9 Å². The van der Waals surface area contributed by atoms with Crippen molar-refractivity contribution in [1.82, 2.24) is 4.57 Å². The number of imidazole rings is 1. The molecule has 0 saturated carbocycles. The third-order valence-corrected chi connectivity index (χ3v) is 9.40. The van der Waals surface area contributed by atoms with Gasteiger partial charge in [0.15, 0.2) is 0 Å². The van der Waals surface area contributed by atoms with E-state index in [4.69, 9.17) is 0 Å². The lowest BCUT2D eigenvalue weighted by Gasteiger charge is -2.14. The summed E-state index contributed by atoms with van der Waals surface area (Å²) < 4.78 is 4.71. The summed E-state index contributed by atoms with van der Waals surface area (Å²) in [6.45, 7) is 4.60. The van der Waals surface area contributed by atoms with E-state index in [0.29, 0.717) is 6.04 Å². The lowest BCUT2D eigenvalue weighted by Crippen LogP contribution is -2.24. The van der Waals surface area contributed by atoms with E-state index in [9.17, 15) is 0 Å². The molecule has 2 heteroatoms. The van der Waals surface area contributed by atoms with Crippen molar-refractivity contribution in [2.45, 2.75) is 219 Å². The first-order chi connectivity index (χ1) is 20.8. The topological polar surface area (TPSA) is 8.81 Å². The fourth-order valence-corrected chi connectivity index (χ4v) is 6.51. The maximum Gasteiger partial charge on any atom is 0.243 e. The molecule has 246 valence electrons. The van der Waals surface area contributed by atoms with Crippen molar-refractivity contribution in [2.24, 2.45) is 7.05 Å². The first-order valence-electron chi connectivity index (χ1n) is 19.5. The number of aromatic nitrogens is 2. The second-order valence-electron chi connectivity index (χ2n) is 13.6. The number of hydrogen-bond donors (Lipinski definition) is 0. The van der Waals surface area contributed by atoms with Gasteiger partial charge in [0.2, 0.25) is 6.33 Å². The van der Waals surface area contributed by atoms with Gasteiger partial charge in [-0.2, -0.15) is 0 Å². The summed E-state index contributed by atoms with van der Waals surface area (Å²) in [5.41, 5.74) is 0. The number of aryl methyl sites for hydroxylation is 1. The van der Waals surface area contributed by atoms with Crippen LogP contribution in [0, 0.1) is 0 Å². The van der Waals surface area contributed by atoms with E-state index < -0.39 is 0 Å². The molecule has 1 atom stereocenters. The van der Waals surface area contributed by atoms with Gasteiger partial charge in [-0.05, 0) is 51.4 Å². The van der Waals surface area contributed by atoms with Crippen LogP contribution in [0.2, 0.25) is 0 Å². The summed E-state index contributed by atoms with van der Waals surface area (Å²) in [4.78, 5) is 0. The van der Waals surface area contributed by atoms with E-state index in [1.165, 1.54) is 199 Å². The molecule has 0 aliphatic heterocycles. The largest absolute Gasteiger partial charge is 0.243 e. The van der Waals surface area contributed by atoms with E-state index in [1.54, 1.807) is 0 Å². The Morgan fingerprint density at radius 1 is 0.476 bits per heavy atom. The van der Waals surface area contributed by atoms with Gasteiger partial charge >= 0.3 is 0 Å². The minimum absolute atomic E-state index is 0.699. The molecule has 0 aliphatic carbocycles. The molecule has 1 aromatic heterocycles. The van der Waals surface area contributed by atoms with Crippen LogP contribution in [0.3, 0.4) is 0 Å². The molecule has 42 heavy (non-hydrogen) atoms. The quantitative estimate of drug-likeness (QED) is 0.0440. The number of unbranched alkanes of at least 4 members (excludes halogenated alkanes) is 26. The summed E-state index contributed by atoms with van der Waals surface area (Å²) in [7, 11) is 2.16. The van der Waals surface area contributed by atoms with Crippen molar-refractivity contribution in [2.75, 3.05) is 0 Å². The minimum atomic E-state index is 0.699. The predicted octanol–water partition coefficient (Wildman–Crippen LogP) is 13.5. The molecular weight excluding hydrogens is 508 g/mol. The smallest absolute Gasteiger partial charge is 0.240 e. The van der Waals surface area contributed by atoms with Crippen LogP contribution in [0.5, 0.6) is 0 Å². The molecule has 0 bridgehead atoms. The Morgan fingerprint density at radius 2 is 0.810 bits per heavy atom. The van der Waals surface area contributed by atoms with Crippen molar-refractivity contribution in [3.05, 3.63) is 30.9 Å². The van der Waals surface area contributed by atoms with E-state index in [1.807, 2.05) is 0 Å². The van der Waals surface area contributed by atoms with E-state index >= 15 is 0 Å². The molecule has 0 aliphatic rings.